The van der Waals surface area contributed by atoms with Gasteiger partial charge in [0.1, 0.15) is 6.04 Å². The van der Waals surface area contributed by atoms with E-state index in [0.29, 0.717) is 17.3 Å². The van der Waals surface area contributed by atoms with Crippen LogP contribution in [0.25, 0.3) is 0 Å². The van der Waals surface area contributed by atoms with Gasteiger partial charge in [0, 0.05) is 5.56 Å². The van der Waals surface area contributed by atoms with E-state index in [1.54, 1.807) is 24.3 Å². The quantitative estimate of drug-likeness (QED) is 0.375. The predicted octanol–water partition coefficient (Wildman–Crippen LogP) is 2.53. The lowest BCUT2D eigenvalue weighted by atomic mass is 10.1. The Morgan fingerprint density at radius 2 is 1.71 bits per heavy atom. The molecule has 0 radical (unpaired) electrons. The highest BCUT2D eigenvalue weighted by atomic mass is 32.2. The number of carbonyl (C=O) groups excluding carboxylic acids is 2. The van der Waals surface area contributed by atoms with E-state index in [0.717, 1.165) is 0 Å². The number of benzene rings is 2. The van der Waals surface area contributed by atoms with Crippen molar-refractivity contribution in [2.24, 2.45) is 0 Å². The van der Waals surface area contributed by atoms with Crippen molar-refractivity contribution in [2.45, 2.75) is 17.4 Å². The van der Waals surface area contributed by atoms with E-state index >= 15 is 0 Å². The monoisotopic (exact) mass is 467 g/mol. The normalized spacial score (nSPS) is 12.1. The standard InChI is InChI=1S/C21H25NO7S2/c1-27-19-10-9-15(13-20(19)28-2)18(23)14-29-21(24)17(11-12-30-3)22-31(25,26)16-7-5-4-6-8-16/h4-10,13,17,22H,11-12,14H2,1-3H3. The van der Waals surface area contributed by atoms with E-state index in [1.807, 2.05) is 6.26 Å². The molecule has 8 nitrogen and oxygen atoms in total. The molecule has 0 bridgehead atoms. The molecule has 2 rings (SSSR count). The number of ether oxygens (including phenoxy) is 3. The highest BCUT2D eigenvalue weighted by Crippen LogP contribution is 2.27. The van der Waals surface area contributed by atoms with Crippen LogP contribution in [0.5, 0.6) is 11.5 Å². The first-order valence-electron chi connectivity index (χ1n) is 9.30. The summed E-state index contributed by atoms with van der Waals surface area (Å²) in [6, 6.07) is 11.2. The van der Waals surface area contributed by atoms with Gasteiger partial charge in [0.25, 0.3) is 0 Å². The zero-order chi connectivity index (χ0) is 22.9. The van der Waals surface area contributed by atoms with Crippen LogP contribution in [0.2, 0.25) is 0 Å². The first-order valence-corrected chi connectivity index (χ1v) is 12.2. The zero-order valence-corrected chi connectivity index (χ0v) is 19.1. The highest BCUT2D eigenvalue weighted by molar-refractivity contribution is 7.98. The second kappa shape index (κ2) is 11.7. The molecule has 0 heterocycles. The summed E-state index contributed by atoms with van der Waals surface area (Å²) in [6.07, 6.45) is 2.06. The van der Waals surface area contributed by atoms with E-state index in [-0.39, 0.29) is 16.9 Å². The van der Waals surface area contributed by atoms with Gasteiger partial charge in [-0.15, -0.1) is 0 Å². The molecule has 2 aromatic carbocycles. The minimum absolute atomic E-state index is 0.0401. The molecule has 0 fully saturated rings. The third kappa shape index (κ3) is 6.98. The van der Waals surface area contributed by atoms with E-state index < -0.39 is 34.4 Å². The van der Waals surface area contributed by atoms with Crippen LogP contribution in [0.1, 0.15) is 16.8 Å². The van der Waals surface area contributed by atoms with Gasteiger partial charge < -0.3 is 14.2 Å². The summed E-state index contributed by atoms with van der Waals surface area (Å²) in [7, 11) is -0.994. The number of hydrogen-bond donors (Lipinski definition) is 1. The fraction of sp³-hybridized carbons (Fsp3) is 0.333. The Balaban J connectivity index is 2.07. The van der Waals surface area contributed by atoms with E-state index in [4.69, 9.17) is 14.2 Å². The van der Waals surface area contributed by atoms with Crippen molar-refractivity contribution < 1.29 is 32.2 Å². The molecule has 1 N–H and O–H groups in total. The Kier molecular flexibility index (Phi) is 9.35. The molecule has 31 heavy (non-hydrogen) atoms. The summed E-state index contributed by atoms with van der Waals surface area (Å²) in [4.78, 5) is 25.0. The van der Waals surface area contributed by atoms with Gasteiger partial charge in [-0.2, -0.15) is 16.5 Å². The van der Waals surface area contributed by atoms with Gasteiger partial charge >= 0.3 is 5.97 Å². The van der Waals surface area contributed by atoms with Crippen LogP contribution < -0.4 is 14.2 Å². The third-order valence-corrected chi connectivity index (χ3v) is 6.43. The molecule has 2 aromatic rings. The third-order valence-electron chi connectivity index (χ3n) is 4.30. The minimum Gasteiger partial charge on any atom is -0.493 e. The highest BCUT2D eigenvalue weighted by Gasteiger charge is 2.27. The lowest BCUT2D eigenvalue weighted by molar-refractivity contribution is -0.144. The largest absolute Gasteiger partial charge is 0.493 e. The topological polar surface area (TPSA) is 108 Å². The number of sulfonamides is 1. The maximum atomic E-state index is 12.6. The Morgan fingerprint density at radius 3 is 2.32 bits per heavy atom. The summed E-state index contributed by atoms with van der Waals surface area (Å²) in [6.45, 7) is -0.531. The van der Waals surface area contributed by atoms with Crippen molar-refractivity contribution in [3.05, 3.63) is 54.1 Å². The Morgan fingerprint density at radius 1 is 1.03 bits per heavy atom. The fourth-order valence-electron chi connectivity index (χ4n) is 2.65. The van der Waals surface area contributed by atoms with Crippen LogP contribution >= 0.6 is 11.8 Å². The molecule has 1 unspecified atom stereocenters. The van der Waals surface area contributed by atoms with E-state index in [1.165, 1.54) is 50.2 Å². The number of thioether (sulfide) groups is 1. The number of Topliss-reactive ketones (excluding diaryl/α,β-unsaturated/α-hetero) is 1. The molecule has 0 aliphatic rings. The minimum atomic E-state index is -3.92. The van der Waals surface area contributed by atoms with Gasteiger partial charge in [0.05, 0.1) is 19.1 Å². The number of rotatable bonds is 12. The number of ketones is 1. The number of esters is 1. The predicted molar refractivity (Wildman–Crippen MR) is 118 cm³/mol. The van der Waals surface area contributed by atoms with Crippen molar-refractivity contribution in [3.63, 3.8) is 0 Å². The second-order valence-electron chi connectivity index (χ2n) is 6.37. The van der Waals surface area contributed by atoms with Crippen molar-refractivity contribution in [3.8, 4) is 11.5 Å². The second-order valence-corrected chi connectivity index (χ2v) is 9.07. The molecule has 0 spiro atoms. The molecule has 0 aromatic heterocycles. The Labute approximate surface area is 186 Å². The fourth-order valence-corrected chi connectivity index (χ4v) is 4.36. The Hall–Kier alpha value is -2.56. The molecular formula is C21H25NO7S2. The van der Waals surface area contributed by atoms with Gasteiger partial charge in [0.15, 0.2) is 23.9 Å². The van der Waals surface area contributed by atoms with Gasteiger partial charge in [-0.05, 0) is 48.8 Å². The van der Waals surface area contributed by atoms with Crippen molar-refractivity contribution in [1.82, 2.24) is 4.72 Å². The van der Waals surface area contributed by atoms with Crippen LogP contribution in [-0.4, -0.2) is 59.0 Å². The maximum Gasteiger partial charge on any atom is 0.324 e. The molecule has 0 saturated carbocycles. The average molecular weight is 468 g/mol. The number of carbonyl (C=O) groups is 2. The first-order chi connectivity index (χ1) is 14.8. The van der Waals surface area contributed by atoms with Crippen LogP contribution in [0.4, 0.5) is 0 Å². The zero-order valence-electron chi connectivity index (χ0n) is 17.5. The Bertz CT molecular complexity index is 994. The van der Waals surface area contributed by atoms with Crippen LogP contribution in [0, 0.1) is 0 Å². The molecule has 10 heteroatoms. The molecule has 0 aliphatic heterocycles. The van der Waals surface area contributed by atoms with Gasteiger partial charge in [-0.1, -0.05) is 18.2 Å². The molecule has 0 amide bonds. The van der Waals surface area contributed by atoms with Crippen molar-refractivity contribution in [1.29, 1.82) is 0 Å². The molecule has 1 atom stereocenters. The summed E-state index contributed by atoms with van der Waals surface area (Å²) in [5, 5.41) is 0. The summed E-state index contributed by atoms with van der Waals surface area (Å²) < 4.78 is 43.0. The van der Waals surface area contributed by atoms with Gasteiger partial charge in [-0.3, -0.25) is 9.59 Å². The SMILES string of the molecule is COc1ccc(C(=O)COC(=O)C(CCSC)NS(=O)(=O)c2ccccc2)cc1OC. The van der Waals surface area contributed by atoms with Crippen molar-refractivity contribution >= 4 is 33.5 Å². The number of nitrogens with one attached hydrogen (secondary N) is 1. The van der Waals surface area contributed by atoms with Gasteiger partial charge in [0.2, 0.25) is 10.0 Å². The molecular weight excluding hydrogens is 442 g/mol. The average Bonchev–Trinajstić information content (AvgIpc) is 2.79. The first kappa shape index (κ1) is 24.7. The van der Waals surface area contributed by atoms with Gasteiger partial charge in [-0.25, -0.2) is 8.42 Å². The van der Waals surface area contributed by atoms with E-state index in [9.17, 15) is 18.0 Å². The summed E-state index contributed by atoms with van der Waals surface area (Å²) in [5.41, 5.74) is 0.274. The maximum absolute atomic E-state index is 12.6. The number of hydrogen-bond acceptors (Lipinski definition) is 8. The smallest absolute Gasteiger partial charge is 0.324 e. The van der Waals surface area contributed by atoms with E-state index in [2.05, 4.69) is 4.72 Å². The van der Waals surface area contributed by atoms with Crippen LogP contribution in [0.3, 0.4) is 0 Å². The summed E-state index contributed by atoms with van der Waals surface area (Å²) >= 11 is 1.46. The lowest BCUT2D eigenvalue weighted by Gasteiger charge is -2.17. The molecule has 0 saturated heterocycles. The van der Waals surface area contributed by atoms with Crippen LogP contribution in [-0.2, 0) is 19.6 Å². The molecule has 0 aliphatic carbocycles. The lowest BCUT2D eigenvalue weighted by Crippen LogP contribution is -2.42. The van der Waals surface area contributed by atoms with Crippen molar-refractivity contribution in [2.75, 3.05) is 32.8 Å². The van der Waals surface area contributed by atoms with Crippen LogP contribution in [0.15, 0.2) is 53.4 Å². The number of methoxy groups -OCH3 is 2. The summed E-state index contributed by atoms with van der Waals surface area (Å²) in [5.74, 6) is 0.0867. The molecule has 168 valence electrons.